The van der Waals surface area contributed by atoms with Crippen molar-refractivity contribution in [3.63, 3.8) is 0 Å². The second kappa shape index (κ2) is 5.00. The Hall–Kier alpha value is -1.52. The molecule has 0 radical (unpaired) electrons. The van der Waals surface area contributed by atoms with Gasteiger partial charge in [-0.1, -0.05) is 0 Å². The lowest BCUT2D eigenvalue weighted by molar-refractivity contribution is 0.522. The number of hydrogen-bond donors (Lipinski definition) is 1. The van der Waals surface area contributed by atoms with E-state index in [-0.39, 0.29) is 0 Å². The molecule has 3 rings (SSSR count). The van der Waals surface area contributed by atoms with Gasteiger partial charge in [0.25, 0.3) is 0 Å². The smallest absolute Gasteiger partial charge is 0.193 e. The van der Waals surface area contributed by atoms with E-state index < -0.39 is 0 Å². The highest BCUT2D eigenvalue weighted by Gasteiger charge is 2.13. The number of imidazole rings is 1. The number of fused-ring (bicyclic) bond motifs is 1. The zero-order valence-electron chi connectivity index (χ0n) is 11.0. The lowest BCUT2D eigenvalue weighted by Crippen LogP contribution is -2.36. The number of likely N-dealkylation sites (N-methyl/N-ethyl adjacent to an activating group) is 1. The highest BCUT2D eigenvalue weighted by Crippen LogP contribution is 2.14. The van der Waals surface area contributed by atoms with Crippen molar-refractivity contribution in [2.24, 2.45) is 4.99 Å². The van der Waals surface area contributed by atoms with Crippen LogP contribution >= 0.6 is 0 Å². The van der Waals surface area contributed by atoms with Gasteiger partial charge < -0.3 is 14.8 Å². The van der Waals surface area contributed by atoms with Gasteiger partial charge in [0, 0.05) is 45.7 Å². The third-order valence-electron chi connectivity index (χ3n) is 3.68. The van der Waals surface area contributed by atoms with Crippen molar-refractivity contribution in [1.82, 2.24) is 19.8 Å². The Morgan fingerprint density at radius 3 is 3.06 bits per heavy atom. The molecule has 98 valence electrons. The normalized spacial score (nSPS) is 18.7. The molecule has 2 aliphatic rings. The number of nitrogens with zero attached hydrogens (tertiary/aromatic N) is 4. The van der Waals surface area contributed by atoms with E-state index in [1.54, 1.807) is 0 Å². The van der Waals surface area contributed by atoms with E-state index in [0.717, 1.165) is 45.0 Å². The van der Waals surface area contributed by atoms with Gasteiger partial charge in [-0.15, -0.1) is 0 Å². The summed E-state index contributed by atoms with van der Waals surface area (Å²) < 4.78 is 2.32. The first kappa shape index (κ1) is 11.6. The molecule has 0 bridgehead atoms. The minimum absolute atomic E-state index is 0.914. The zero-order chi connectivity index (χ0) is 12.4. The zero-order valence-corrected chi connectivity index (χ0v) is 11.0. The number of aliphatic imine (C=N–C) groups is 1. The average molecular weight is 247 g/mol. The fourth-order valence-corrected chi connectivity index (χ4v) is 2.62. The van der Waals surface area contributed by atoms with E-state index in [1.165, 1.54) is 24.4 Å². The third kappa shape index (κ3) is 2.35. The molecular weight excluding hydrogens is 226 g/mol. The van der Waals surface area contributed by atoms with Crippen molar-refractivity contribution in [3.05, 3.63) is 17.7 Å². The van der Waals surface area contributed by atoms with Gasteiger partial charge >= 0.3 is 0 Å². The maximum Gasteiger partial charge on any atom is 0.193 e. The summed E-state index contributed by atoms with van der Waals surface area (Å²) in [6.45, 7) is 4.00. The fourth-order valence-electron chi connectivity index (χ4n) is 2.62. The summed E-state index contributed by atoms with van der Waals surface area (Å²) in [6, 6.07) is 0. The molecule has 0 atom stereocenters. The van der Waals surface area contributed by atoms with Crippen LogP contribution in [-0.2, 0) is 19.4 Å². The maximum atomic E-state index is 4.70. The number of nitrogens with one attached hydrogen (secondary N) is 1. The Balaban J connectivity index is 1.52. The van der Waals surface area contributed by atoms with Crippen molar-refractivity contribution in [1.29, 1.82) is 0 Å². The first-order valence-corrected chi connectivity index (χ1v) is 6.87. The molecule has 0 fully saturated rings. The number of guanidine groups is 1. The van der Waals surface area contributed by atoms with E-state index in [1.807, 2.05) is 0 Å². The molecule has 18 heavy (non-hydrogen) atoms. The molecule has 1 aromatic rings. The summed E-state index contributed by atoms with van der Waals surface area (Å²) >= 11 is 0. The topological polar surface area (TPSA) is 45.5 Å². The molecule has 0 saturated carbocycles. The third-order valence-corrected chi connectivity index (χ3v) is 3.68. The van der Waals surface area contributed by atoms with Crippen molar-refractivity contribution < 1.29 is 0 Å². The predicted molar refractivity (Wildman–Crippen MR) is 71.8 cm³/mol. The van der Waals surface area contributed by atoms with Crippen molar-refractivity contribution in [2.75, 3.05) is 26.7 Å². The second-order valence-corrected chi connectivity index (χ2v) is 5.10. The summed E-state index contributed by atoms with van der Waals surface area (Å²) in [5, 5.41) is 3.39. The quantitative estimate of drug-likeness (QED) is 0.853. The Morgan fingerprint density at radius 2 is 2.28 bits per heavy atom. The van der Waals surface area contributed by atoms with Crippen LogP contribution in [0.15, 0.2) is 11.2 Å². The molecule has 2 aliphatic heterocycles. The molecule has 0 amide bonds. The Labute approximate surface area is 108 Å². The highest BCUT2D eigenvalue weighted by atomic mass is 15.3. The van der Waals surface area contributed by atoms with E-state index in [9.17, 15) is 0 Å². The van der Waals surface area contributed by atoms with E-state index in [4.69, 9.17) is 4.98 Å². The van der Waals surface area contributed by atoms with Gasteiger partial charge in [-0.3, -0.25) is 4.99 Å². The number of rotatable bonds is 3. The van der Waals surface area contributed by atoms with Crippen molar-refractivity contribution >= 4 is 5.96 Å². The molecule has 0 aromatic carbocycles. The van der Waals surface area contributed by atoms with Gasteiger partial charge in [0.2, 0.25) is 0 Å². The summed E-state index contributed by atoms with van der Waals surface area (Å²) in [5.74, 6) is 2.30. The van der Waals surface area contributed by atoms with Crippen molar-refractivity contribution in [3.8, 4) is 0 Å². The Bertz CT molecular complexity index is 425. The fraction of sp³-hybridized carbons (Fsp3) is 0.692. The number of aryl methyl sites for hydroxylation is 2. The van der Waals surface area contributed by atoms with E-state index >= 15 is 0 Å². The number of hydrogen-bond acceptors (Lipinski definition) is 4. The summed E-state index contributed by atoms with van der Waals surface area (Å²) in [5.41, 5.74) is 1.21. The summed E-state index contributed by atoms with van der Waals surface area (Å²) in [4.78, 5) is 11.3. The van der Waals surface area contributed by atoms with Crippen LogP contribution in [-0.4, -0.2) is 47.1 Å². The van der Waals surface area contributed by atoms with Gasteiger partial charge in [-0.05, 0) is 12.8 Å². The van der Waals surface area contributed by atoms with Crippen LogP contribution in [0.2, 0.25) is 0 Å². The molecule has 1 aromatic heterocycles. The van der Waals surface area contributed by atoms with Gasteiger partial charge in [-0.25, -0.2) is 4.98 Å². The van der Waals surface area contributed by atoms with E-state index in [0.29, 0.717) is 0 Å². The van der Waals surface area contributed by atoms with Crippen LogP contribution in [0.5, 0.6) is 0 Å². The monoisotopic (exact) mass is 247 g/mol. The van der Waals surface area contributed by atoms with E-state index in [2.05, 4.69) is 33.0 Å². The SMILES string of the molecule is CN1CCN=C1NCCc1cn2c(n1)CCCC2. The highest BCUT2D eigenvalue weighted by molar-refractivity contribution is 5.81. The van der Waals surface area contributed by atoms with Gasteiger partial charge in [0.1, 0.15) is 5.82 Å². The molecule has 0 spiro atoms. The first-order valence-electron chi connectivity index (χ1n) is 6.87. The minimum atomic E-state index is 0.914. The summed E-state index contributed by atoms with van der Waals surface area (Å²) in [6.07, 6.45) is 6.92. The van der Waals surface area contributed by atoms with Crippen LogP contribution < -0.4 is 5.32 Å². The van der Waals surface area contributed by atoms with Gasteiger partial charge in [0.15, 0.2) is 5.96 Å². The lowest BCUT2D eigenvalue weighted by atomic mass is 10.2. The predicted octanol–water partition coefficient (Wildman–Crippen LogP) is 0.653. The van der Waals surface area contributed by atoms with Crippen molar-refractivity contribution in [2.45, 2.75) is 32.2 Å². The van der Waals surface area contributed by atoms with Crippen LogP contribution in [0.4, 0.5) is 0 Å². The lowest BCUT2D eigenvalue weighted by Gasteiger charge is -2.14. The van der Waals surface area contributed by atoms with Crippen LogP contribution in [0, 0.1) is 0 Å². The minimum Gasteiger partial charge on any atom is -0.356 e. The largest absolute Gasteiger partial charge is 0.356 e. The molecule has 0 saturated heterocycles. The first-order chi connectivity index (χ1) is 8.83. The van der Waals surface area contributed by atoms with Crippen LogP contribution in [0.25, 0.3) is 0 Å². The van der Waals surface area contributed by atoms with Crippen LogP contribution in [0.1, 0.15) is 24.4 Å². The van der Waals surface area contributed by atoms with Crippen LogP contribution in [0.3, 0.4) is 0 Å². The second-order valence-electron chi connectivity index (χ2n) is 5.10. The number of aromatic nitrogens is 2. The molecule has 5 heteroatoms. The average Bonchev–Trinajstić information content (AvgIpc) is 2.96. The molecule has 5 nitrogen and oxygen atoms in total. The molecule has 0 aliphatic carbocycles. The van der Waals surface area contributed by atoms with Gasteiger partial charge in [0.05, 0.1) is 12.2 Å². The maximum absolute atomic E-state index is 4.70. The molecule has 1 N–H and O–H groups in total. The molecule has 3 heterocycles. The molecule has 0 unspecified atom stereocenters. The van der Waals surface area contributed by atoms with Gasteiger partial charge in [-0.2, -0.15) is 0 Å². The Morgan fingerprint density at radius 1 is 1.33 bits per heavy atom. The Kier molecular flexibility index (Phi) is 3.21. The summed E-state index contributed by atoms with van der Waals surface area (Å²) in [7, 11) is 2.08. The standard InChI is InChI=1S/C13H21N5/c1-17-9-7-15-13(17)14-6-5-11-10-18-8-3-2-4-12(18)16-11/h10H,2-9H2,1H3,(H,14,15). The molecular formula is C13H21N5.